The van der Waals surface area contributed by atoms with E-state index in [1.165, 1.54) is 9.21 Å². The second-order valence-electron chi connectivity index (χ2n) is 4.56. The first-order valence-electron chi connectivity index (χ1n) is 5.88. The van der Waals surface area contributed by atoms with Crippen molar-refractivity contribution in [2.45, 2.75) is 0 Å². The maximum atomic E-state index is 12.0. The predicted molar refractivity (Wildman–Crippen MR) is 67.6 cm³/mol. The van der Waals surface area contributed by atoms with Crippen molar-refractivity contribution < 1.29 is 18.3 Å². The van der Waals surface area contributed by atoms with Gasteiger partial charge >= 0.3 is 0 Å². The summed E-state index contributed by atoms with van der Waals surface area (Å²) in [6.45, 7) is 1.29. The van der Waals surface area contributed by atoms with Crippen LogP contribution in [-0.4, -0.2) is 92.7 Å². The van der Waals surface area contributed by atoms with Crippen molar-refractivity contribution in [3.8, 4) is 0 Å². The highest BCUT2D eigenvalue weighted by molar-refractivity contribution is 7.89. The van der Waals surface area contributed by atoms with Crippen molar-refractivity contribution >= 4 is 15.9 Å². The SMILES string of the molecule is CN(C)CCN1CCN(C(=O)CO)CCS1(=O)=O. The van der Waals surface area contributed by atoms with Crippen LogP contribution in [0.25, 0.3) is 0 Å². The minimum atomic E-state index is -3.30. The van der Waals surface area contributed by atoms with Crippen LogP contribution in [0.3, 0.4) is 0 Å². The quantitative estimate of drug-likeness (QED) is 0.645. The molecular formula is C10H21N3O4S. The lowest BCUT2D eigenvalue weighted by Gasteiger charge is -2.21. The third-order valence-corrected chi connectivity index (χ3v) is 4.77. The second-order valence-corrected chi connectivity index (χ2v) is 6.65. The maximum Gasteiger partial charge on any atom is 0.248 e. The maximum absolute atomic E-state index is 12.0. The zero-order chi connectivity index (χ0) is 13.8. The molecule has 1 aliphatic rings. The monoisotopic (exact) mass is 279 g/mol. The lowest BCUT2D eigenvalue weighted by atomic mass is 10.4. The van der Waals surface area contributed by atoms with Crippen LogP contribution < -0.4 is 0 Å². The summed E-state index contributed by atoms with van der Waals surface area (Å²) in [6, 6.07) is 0. The van der Waals surface area contributed by atoms with Crippen molar-refractivity contribution in [2.24, 2.45) is 0 Å². The number of aliphatic hydroxyl groups excluding tert-OH is 1. The fraction of sp³-hybridized carbons (Fsp3) is 0.900. The van der Waals surface area contributed by atoms with Crippen LogP contribution in [-0.2, 0) is 14.8 Å². The Morgan fingerprint density at radius 2 is 1.94 bits per heavy atom. The molecule has 7 nitrogen and oxygen atoms in total. The topological polar surface area (TPSA) is 81.2 Å². The third-order valence-electron chi connectivity index (χ3n) is 2.92. The zero-order valence-electron chi connectivity index (χ0n) is 10.9. The molecule has 0 aromatic heterocycles. The van der Waals surface area contributed by atoms with E-state index < -0.39 is 22.5 Å². The van der Waals surface area contributed by atoms with E-state index in [2.05, 4.69) is 0 Å². The largest absolute Gasteiger partial charge is 0.387 e. The fourth-order valence-electron chi connectivity index (χ4n) is 1.75. The van der Waals surface area contributed by atoms with Crippen LogP contribution in [0, 0.1) is 0 Å². The molecule has 0 aliphatic carbocycles. The highest BCUT2D eigenvalue weighted by Gasteiger charge is 2.28. The van der Waals surface area contributed by atoms with Crippen LogP contribution in [0.15, 0.2) is 0 Å². The second kappa shape index (κ2) is 6.46. The highest BCUT2D eigenvalue weighted by atomic mass is 32.2. The van der Waals surface area contributed by atoms with Gasteiger partial charge in [-0.3, -0.25) is 4.79 Å². The Balaban J connectivity index is 2.67. The summed E-state index contributed by atoms with van der Waals surface area (Å²) >= 11 is 0. The number of nitrogens with zero attached hydrogens (tertiary/aromatic N) is 3. The molecule has 1 aliphatic heterocycles. The molecule has 1 rings (SSSR count). The number of aliphatic hydroxyl groups is 1. The standard InChI is InChI=1S/C10H21N3O4S/c1-11(2)3-5-13-6-4-12(10(15)9-14)7-8-18(13,16)17/h14H,3-9H2,1-2H3. The molecule has 0 unspecified atom stereocenters. The highest BCUT2D eigenvalue weighted by Crippen LogP contribution is 2.08. The molecule has 18 heavy (non-hydrogen) atoms. The van der Waals surface area contributed by atoms with Gasteiger partial charge in [-0.05, 0) is 14.1 Å². The van der Waals surface area contributed by atoms with Gasteiger partial charge in [0.2, 0.25) is 15.9 Å². The average molecular weight is 279 g/mol. The number of hydrogen-bond acceptors (Lipinski definition) is 5. The van der Waals surface area contributed by atoms with E-state index in [4.69, 9.17) is 5.11 Å². The Morgan fingerprint density at radius 1 is 1.28 bits per heavy atom. The normalized spacial score (nSPS) is 21.0. The summed E-state index contributed by atoms with van der Waals surface area (Å²) < 4.78 is 25.4. The average Bonchev–Trinajstić information content (AvgIpc) is 2.44. The van der Waals surface area contributed by atoms with E-state index in [0.29, 0.717) is 26.2 Å². The Morgan fingerprint density at radius 3 is 2.50 bits per heavy atom. The van der Waals surface area contributed by atoms with Crippen molar-refractivity contribution in [1.82, 2.24) is 14.1 Å². The Hall–Kier alpha value is -0.700. The first-order chi connectivity index (χ1) is 8.36. The van der Waals surface area contributed by atoms with E-state index in [1.807, 2.05) is 19.0 Å². The number of hydrogen-bond donors (Lipinski definition) is 1. The van der Waals surface area contributed by atoms with Gasteiger partial charge in [0.15, 0.2) is 0 Å². The Labute approximate surface area is 108 Å². The molecule has 0 aromatic rings. The van der Waals surface area contributed by atoms with E-state index >= 15 is 0 Å². The molecule has 0 bridgehead atoms. The number of rotatable bonds is 4. The van der Waals surface area contributed by atoms with Crippen LogP contribution >= 0.6 is 0 Å². The van der Waals surface area contributed by atoms with Crippen molar-refractivity contribution in [1.29, 1.82) is 0 Å². The van der Waals surface area contributed by atoms with Gasteiger partial charge in [0.05, 0.1) is 5.75 Å². The van der Waals surface area contributed by atoms with Gasteiger partial charge in [-0.15, -0.1) is 0 Å². The smallest absolute Gasteiger partial charge is 0.248 e. The molecule has 1 heterocycles. The van der Waals surface area contributed by atoms with Gasteiger partial charge < -0.3 is 14.9 Å². The lowest BCUT2D eigenvalue weighted by molar-refractivity contribution is -0.133. The van der Waals surface area contributed by atoms with Crippen LogP contribution in [0.4, 0.5) is 0 Å². The predicted octanol–water partition coefficient (Wildman–Crippen LogP) is -1.99. The van der Waals surface area contributed by atoms with Crippen molar-refractivity contribution in [2.75, 3.05) is 59.2 Å². The van der Waals surface area contributed by atoms with Gasteiger partial charge in [0, 0.05) is 32.7 Å². The fourth-order valence-corrected chi connectivity index (χ4v) is 3.18. The Kier molecular flexibility index (Phi) is 5.51. The van der Waals surface area contributed by atoms with Crippen LogP contribution in [0.5, 0.6) is 0 Å². The first-order valence-corrected chi connectivity index (χ1v) is 7.49. The van der Waals surface area contributed by atoms with Gasteiger partial charge in [-0.25, -0.2) is 8.42 Å². The molecule has 0 aromatic carbocycles. The third kappa shape index (κ3) is 4.20. The van der Waals surface area contributed by atoms with Crippen molar-refractivity contribution in [3.63, 3.8) is 0 Å². The molecule has 8 heteroatoms. The molecule has 0 saturated carbocycles. The number of carbonyl (C=O) groups is 1. The summed E-state index contributed by atoms with van der Waals surface area (Å²) in [7, 11) is 0.463. The summed E-state index contributed by atoms with van der Waals surface area (Å²) in [4.78, 5) is 14.7. The summed E-state index contributed by atoms with van der Waals surface area (Å²) in [5.41, 5.74) is 0. The number of sulfonamides is 1. The summed E-state index contributed by atoms with van der Waals surface area (Å²) in [6.07, 6.45) is 0. The van der Waals surface area contributed by atoms with E-state index in [-0.39, 0.29) is 12.3 Å². The summed E-state index contributed by atoms with van der Waals surface area (Å²) in [5.74, 6) is -0.494. The van der Waals surface area contributed by atoms with Crippen LogP contribution in [0.1, 0.15) is 0 Å². The summed E-state index contributed by atoms with van der Waals surface area (Å²) in [5, 5.41) is 8.79. The molecule has 0 spiro atoms. The van der Waals surface area contributed by atoms with Crippen molar-refractivity contribution in [3.05, 3.63) is 0 Å². The number of likely N-dealkylation sites (N-methyl/N-ethyl adjacent to an activating group) is 1. The molecule has 0 radical (unpaired) electrons. The lowest BCUT2D eigenvalue weighted by Crippen LogP contribution is -2.39. The molecule has 1 N–H and O–H groups in total. The Bertz CT molecular complexity index is 383. The zero-order valence-corrected chi connectivity index (χ0v) is 11.7. The van der Waals surface area contributed by atoms with E-state index in [9.17, 15) is 13.2 Å². The minimum absolute atomic E-state index is 0.0772. The minimum Gasteiger partial charge on any atom is -0.387 e. The van der Waals surface area contributed by atoms with Gasteiger partial charge in [0.1, 0.15) is 6.61 Å². The molecule has 106 valence electrons. The number of amides is 1. The first kappa shape index (κ1) is 15.4. The number of carbonyl (C=O) groups excluding carboxylic acids is 1. The molecule has 1 fully saturated rings. The molecule has 0 atom stereocenters. The van der Waals surface area contributed by atoms with E-state index in [0.717, 1.165) is 0 Å². The van der Waals surface area contributed by atoms with E-state index in [1.54, 1.807) is 0 Å². The van der Waals surface area contributed by atoms with Gasteiger partial charge in [-0.2, -0.15) is 4.31 Å². The van der Waals surface area contributed by atoms with Gasteiger partial charge in [0.25, 0.3) is 0 Å². The molecule has 1 amide bonds. The molecule has 1 saturated heterocycles. The molecular weight excluding hydrogens is 258 g/mol. The van der Waals surface area contributed by atoms with Crippen LogP contribution in [0.2, 0.25) is 0 Å². The van der Waals surface area contributed by atoms with Gasteiger partial charge in [-0.1, -0.05) is 0 Å².